The first-order valence-electron chi connectivity index (χ1n) is 3.03. The van der Waals surface area contributed by atoms with Crippen LogP contribution in [0.15, 0.2) is 6.20 Å². The molecule has 3 nitrogen and oxygen atoms in total. The molecule has 0 aromatic carbocycles. The topological polar surface area (TPSA) is 51.8 Å². The fraction of sp³-hybridized carbons (Fsp3) is 0.333. The van der Waals surface area contributed by atoms with Crippen molar-refractivity contribution in [3.05, 3.63) is 15.5 Å². The van der Waals surface area contributed by atoms with Crippen molar-refractivity contribution in [3.63, 3.8) is 0 Å². The highest BCUT2D eigenvalue weighted by Crippen LogP contribution is 2.19. The predicted molar refractivity (Wildman–Crippen MR) is 48.7 cm³/mol. The second kappa shape index (κ2) is 3.29. The first kappa shape index (κ1) is 8.63. The molecule has 0 saturated heterocycles. The fourth-order valence-electron chi connectivity index (χ4n) is 0.674. The lowest BCUT2D eigenvalue weighted by Gasteiger charge is -2.03. The first-order valence-corrected chi connectivity index (χ1v) is 4.11. The number of nitrogens with two attached hydrogens (primary N) is 1. The minimum absolute atomic E-state index is 0.116. The monoisotopic (exact) mass is 267 g/mol. The lowest BCUT2D eigenvalue weighted by atomic mass is 10.3. The molecule has 0 aliphatic heterocycles. The minimum atomic E-state index is -1.09. The van der Waals surface area contributed by atoms with Crippen molar-refractivity contribution in [2.24, 2.45) is 0 Å². The summed E-state index contributed by atoms with van der Waals surface area (Å²) in [7, 11) is 0. The number of halogens is 2. The van der Waals surface area contributed by atoms with Crippen LogP contribution in [0.1, 0.15) is 18.8 Å². The largest absolute Gasteiger partial charge is 0.368 e. The lowest BCUT2D eigenvalue weighted by molar-refractivity contribution is 0.364. The number of aromatic nitrogens is 2. The third kappa shape index (κ3) is 1.98. The third-order valence-electron chi connectivity index (χ3n) is 1.17. The smallest absolute Gasteiger partial charge is 0.220 e. The van der Waals surface area contributed by atoms with Gasteiger partial charge in [-0.3, -0.25) is 0 Å². The SMILES string of the molecule is CC(F)c1nc(N)ncc1I. The maximum atomic E-state index is 12.7. The van der Waals surface area contributed by atoms with Gasteiger partial charge in [0.15, 0.2) is 0 Å². The summed E-state index contributed by atoms with van der Waals surface area (Å²) in [6.07, 6.45) is 0.418. The molecule has 60 valence electrons. The van der Waals surface area contributed by atoms with E-state index in [1.165, 1.54) is 13.1 Å². The van der Waals surface area contributed by atoms with Crippen LogP contribution >= 0.6 is 22.6 Å². The van der Waals surface area contributed by atoms with Gasteiger partial charge >= 0.3 is 0 Å². The highest BCUT2D eigenvalue weighted by atomic mass is 127. The Balaban J connectivity index is 3.13. The van der Waals surface area contributed by atoms with Crippen LogP contribution in [0.2, 0.25) is 0 Å². The number of anilines is 1. The Morgan fingerprint density at radius 2 is 2.36 bits per heavy atom. The van der Waals surface area contributed by atoms with Crippen molar-refractivity contribution in [3.8, 4) is 0 Å². The number of nitrogen functional groups attached to an aromatic ring is 1. The second-order valence-corrected chi connectivity index (χ2v) is 3.24. The maximum absolute atomic E-state index is 12.7. The average Bonchev–Trinajstić information content (AvgIpc) is 1.94. The van der Waals surface area contributed by atoms with Gasteiger partial charge in [-0.15, -0.1) is 0 Å². The van der Waals surface area contributed by atoms with Crippen LogP contribution in [0, 0.1) is 3.57 Å². The molecule has 1 heterocycles. The summed E-state index contributed by atoms with van der Waals surface area (Å²) in [6.45, 7) is 1.42. The minimum Gasteiger partial charge on any atom is -0.368 e. The van der Waals surface area contributed by atoms with E-state index in [9.17, 15) is 4.39 Å². The molecule has 1 aromatic heterocycles. The molecule has 2 N–H and O–H groups in total. The van der Waals surface area contributed by atoms with E-state index in [0.29, 0.717) is 9.26 Å². The third-order valence-corrected chi connectivity index (χ3v) is 2.00. The Kier molecular flexibility index (Phi) is 2.58. The zero-order chi connectivity index (χ0) is 8.43. The van der Waals surface area contributed by atoms with Crippen molar-refractivity contribution >= 4 is 28.5 Å². The van der Waals surface area contributed by atoms with Gasteiger partial charge in [0, 0.05) is 6.20 Å². The molecular weight excluding hydrogens is 260 g/mol. The molecule has 0 amide bonds. The van der Waals surface area contributed by atoms with Gasteiger partial charge in [-0.1, -0.05) is 0 Å². The van der Waals surface area contributed by atoms with Crippen LogP contribution in [0.3, 0.4) is 0 Å². The summed E-state index contributed by atoms with van der Waals surface area (Å²) < 4.78 is 13.4. The first-order chi connectivity index (χ1) is 5.11. The van der Waals surface area contributed by atoms with Crippen molar-refractivity contribution < 1.29 is 4.39 Å². The molecule has 0 aliphatic carbocycles. The normalized spacial score (nSPS) is 13.0. The Morgan fingerprint density at radius 1 is 1.73 bits per heavy atom. The van der Waals surface area contributed by atoms with Crippen LogP contribution in [0.25, 0.3) is 0 Å². The molecule has 0 bridgehead atoms. The summed E-state index contributed by atoms with van der Waals surface area (Å²) in [5, 5.41) is 0. The standard InChI is InChI=1S/C6H7FIN3/c1-3(7)5-4(8)2-10-6(9)11-5/h2-3H,1H3,(H2,9,10,11). The van der Waals surface area contributed by atoms with Crippen molar-refractivity contribution in [2.75, 3.05) is 5.73 Å². The Hall–Kier alpha value is -0.460. The highest BCUT2D eigenvalue weighted by molar-refractivity contribution is 14.1. The number of hydrogen-bond acceptors (Lipinski definition) is 3. The van der Waals surface area contributed by atoms with Gasteiger partial charge < -0.3 is 5.73 Å². The predicted octanol–water partition coefficient (Wildman–Crippen LogP) is 1.69. The number of nitrogens with zero attached hydrogens (tertiary/aromatic N) is 2. The molecule has 0 spiro atoms. The van der Waals surface area contributed by atoms with Gasteiger partial charge in [0.1, 0.15) is 6.17 Å². The fourth-order valence-corrected chi connectivity index (χ4v) is 1.36. The van der Waals surface area contributed by atoms with Crippen molar-refractivity contribution in [1.29, 1.82) is 0 Å². The highest BCUT2D eigenvalue weighted by Gasteiger charge is 2.09. The van der Waals surface area contributed by atoms with E-state index in [-0.39, 0.29) is 5.95 Å². The molecule has 0 fully saturated rings. The molecule has 5 heteroatoms. The van der Waals surface area contributed by atoms with E-state index in [1.54, 1.807) is 0 Å². The van der Waals surface area contributed by atoms with Gasteiger partial charge in [0.2, 0.25) is 5.95 Å². The van der Waals surface area contributed by atoms with Crippen molar-refractivity contribution in [2.45, 2.75) is 13.1 Å². The molecule has 0 radical (unpaired) electrons. The van der Waals surface area contributed by atoms with E-state index in [1.807, 2.05) is 22.6 Å². The van der Waals surface area contributed by atoms with Crippen LogP contribution in [0.4, 0.5) is 10.3 Å². The summed E-state index contributed by atoms with van der Waals surface area (Å²) >= 11 is 1.97. The zero-order valence-corrected chi connectivity index (χ0v) is 8.04. The van der Waals surface area contributed by atoms with Crippen molar-refractivity contribution in [1.82, 2.24) is 9.97 Å². The van der Waals surface area contributed by atoms with E-state index in [2.05, 4.69) is 9.97 Å². The number of hydrogen-bond donors (Lipinski definition) is 1. The Labute approximate surface area is 77.4 Å². The molecule has 11 heavy (non-hydrogen) atoms. The average molecular weight is 267 g/mol. The van der Waals surface area contributed by atoms with Crippen LogP contribution in [-0.2, 0) is 0 Å². The van der Waals surface area contributed by atoms with E-state index >= 15 is 0 Å². The molecule has 1 rings (SSSR count). The van der Waals surface area contributed by atoms with Gasteiger partial charge in [0.25, 0.3) is 0 Å². The Bertz CT molecular complexity index is 264. The second-order valence-electron chi connectivity index (χ2n) is 2.08. The van der Waals surface area contributed by atoms with E-state index in [0.717, 1.165) is 0 Å². The zero-order valence-electron chi connectivity index (χ0n) is 5.88. The number of rotatable bonds is 1. The summed E-state index contributed by atoms with van der Waals surface area (Å²) in [5.41, 5.74) is 5.63. The molecule has 1 aromatic rings. The molecule has 1 unspecified atom stereocenters. The van der Waals surface area contributed by atoms with Gasteiger partial charge in [-0.05, 0) is 29.5 Å². The molecular formula is C6H7FIN3. The molecule has 0 aliphatic rings. The van der Waals surface area contributed by atoms with Crippen LogP contribution in [0.5, 0.6) is 0 Å². The van der Waals surface area contributed by atoms with Gasteiger partial charge in [0.05, 0.1) is 9.26 Å². The Morgan fingerprint density at radius 3 is 2.82 bits per heavy atom. The van der Waals surface area contributed by atoms with Gasteiger partial charge in [-0.25, -0.2) is 14.4 Å². The van der Waals surface area contributed by atoms with Crippen LogP contribution < -0.4 is 5.73 Å². The molecule has 1 atom stereocenters. The summed E-state index contributed by atoms with van der Waals surface area (Å²) in [5.74, 6) is 0.116. The van der Waals surface area contributed by atoms with E-state index < -0.39 is 6.17 Å². The van der Waals surface area contributed by atoms with Gasteiger partial charge in [-0.2, -0.15) is 0 Å². The quantitative estimate of drug-likeness (QED) is 0.788. The van der Waals surface area contributed by atoms with Crippen LogP contribution in [-0.4, -0.2) is 9.97 Å². The van der Waals surface area contributed by atoms with E-state index in [4.69, 9.17) is 5.73 Å². The summed E-state index contributed by atoms with van der Waals surface area (Å²) in [6, 6.07) is 0. The molecule has 0 saturated carbocycles. The summed E-state index contributed by atoms with van der Waals surface area (Å²) in [4.78, 5) is 7.47. The number of alkyl halides is 1. The lowest BCUT2D eigenvalue weighted by Crippen LogP contribution is -2.02. The maximum Gasteiger partial charge on any atom is 0.220 e.